The molecule has 0 bridgehead atoms. The van der Waals surface area contributed by atoms with Gasteiger partial charge in [-0.25, -0.2) is 4.98 Å². The highest BCUT2D eigenvalue weighted by molar-refractivity contribution is 6.30. The van der Waals surface area contributed by atoms with Crippen molar-refractivity contribution in [1.29, 1.82) is 0 Å². The quantitative estimate of drug-likeness (QED) is 0.655. The van der Waals surface area contributed by atoms with Gasteiger partial charge in [-0.1, -0.05) is 23.7 Å². The first-order chi connectivity index (χ1) is 11.7. The molecule has 3 aromatic rings. The van der Waals surface area contributed by atoms with Gasteiger partial charge in [0.15, 0.2) is 0 Å². The van der Waals surface area contributed by atoms with E-state index in [2.05, 4.69) is 9.55 Å². The van der Waals surface area contributed by atoms with Crippen LogP contribution < -0.4 is 10.5 Å². The van der Waals surface area contributed by atoms with Crippen molar-refractivity contribution in [3.8, 4) is 5.75 Å². The molecule has 0 spiro atoms. The standard InChI is InChI=1S/C19H20ClN3O/c20-16-3-1-15(2-4-16)13-19(9-11-23-12-10-22-14-23)24-18-7-5-17(21)6-8-18/h1-8,10,12,14,19H,9,11,13,21H2. The summed E-state index contributed by atoms with van der Waals surface area (Å²) in [5, 5.41) is 0.744. The summed E-state index contributed by atoms with van der Waals surface area (Å²) in [5.74, 6) is 0.828. The van der Waals surface area contributed by atoms with E-state index in [4.69, 9.17) is 22.1 Å². The first-order valence-corrected chi connectivity index (χ1v) is 8.29. The molecule has 2 N–H and O–H groups in total. The van der Waals surface area contributed by atoms with Crippen LogP contribution in [-0.2, 0) is 13.0 Å². The summed E-state index contributed by atoms with van der Waals surface area (Å²) >= 11 is 5.97. The third-order valence-corrected chi connectivity index (χ3v) is 4.08. The zero-order valence-corrected chi connectivity index (χ0v) is 14.1. The minimum absolute atomic E-state index is 0.0530. The van der Waals surface area contributed by atoms with Crippen LogP contribution in [0.1, 0.15) is 12.0 Å². The van der Waals surface area contributed by atoms with Crippen LogP contribution in [0.15, 0.2) is 67.3 Å². The van der Waals surface area contributed by atoms with Crippen LogP contribution in [0.2, 0.25) is 5.02 Å². The molecule has 0 aliphatic rings. The number of benzene rings is 2. The Bertz CT molecular complexity index is 692. The van der Waals surface area contributed by atoms with E-state index in [1.807, 2.05) is 61.1 Å². The first kappa shape index (κ1) is 16.4. The summed E-state index contributed by atoms with van der Waals surface area (Å²) in [6.45, 7) is 0.854. The van der Waals surface area contributed by atoms with E-state index in [1.165, 1.54) is 5.56 Å². The molecule has 0 fully saturated rings. The fraction of sp³-hybridized carbons (Fsp3) is 0.211. The topological polar surface area (TPSA) is 53.1 Å². The second-order valence-corrected chi connectivity index (χ2v) is 6.17. The molecule has 0 saturated heterocycles. The van der Waals surface area contributed by atoms with Crippen molar-refractivity contribution in [2.24, 2.45) is 0 Å². The minimum atomic E-state index is 0.0530. The van der Waals surface area contributed by atoms with Gasteiger partial charge in [0.1, 0.15) is 11.9 Å². The van der Waals surface area contributed by atoms with E-state index >= 15 is 0 Å². The summed E-state index contributed by atoms with van der Waals surface area (Å²) < 4.78 is 8.24. The van der Waals surface area contributed by atoms with Gasteiger partial charge in [0.2, 0.25) is 0 Å². The Labute approximate surface area is 146 Å². The average molecular weight is 342 g/mol. The Morgan fingerprint density at radius 2 is 1.83 bits per heavy atom. The van der Waals surface area contributed by atoms with Gasteiger partial charge in [-0.15, -0.1) is 0 Å². The fourth-order valence-corrected chi connectivity index (χ4v) is 2.66. The van der Waals surface area contributed by atoms with Crippen LogP contribution in [0.3, 0.4) is 0 Å². The SMILES string of the molecule is Nc1ccc(OC(CCn2ccnc2)Cc2ccc(Cl)cc2)cc1. The molecule has 1 aromatic heterocycles. The Balaban J connectivity index is 1.69. The lowest BCUT2D eigenvalue weighted by molar-refractivity contribution is 0.184. The van der Waals surface area contributed by atoms with Crippen molar-refractivity contribution in [1.82, 2.24) is 9.55 Å². The molecule has 1 heterocycles. The highest BCUT2D eigenvalue weighted by Crippen LogP contribution is 2.19. The van der Waals surface area contributed by atoms with E-state index in [0.717, 1.165) is 35.8 Å². The fourth-order valence-electron chi connectivity index (χ4n) is 2.54. The third kappa shape index (κ3) is 4.77. The molecule has 0 aliphatic heterocycles. The number of hydrogen-bond donors (Lipinski definition) is 1. The highest BCUT2D eigenvalue weighted by Gasteiger charge is 2.12. The van der Waals surface area contributed by atoms with Gasteiger partial charge in [0.05, 0.1) is 6.33 Å². The van der Waals surface area contributed by atoms with Gasteiger partial charge in [0.25, 0.3) is 0 Å². The maximum atomic E-state index is 6.18. The monoisotopic (exact) mass is 341 g/mol. The Morgan fingerprint density at radius 3 is 2.50 bits per heavy atom. The highest BCUT2D eigenvalue weighted by atomic mass is 35.5. The predicted octanol–water partition coefficient (Wildman–Crippen LogP) is 4.20. The smallest absolute Gasteiger partial charge is 0.119 e. The summed E-state index contributed by atoms with van der Waals surface area (Å²) in [6.07, 6.45) is 7.32. The largest absolute Gasteiger partial charge is 0.490 e. The second kappa shape index (κ2) is 7.88. The van der Waals surface area contributed by atoms with E-state index in [0.29, 0.717) is 0 Å². The van der Waals surface area contributed by atoms with E-state index in [-0.39, 0.29) is 6.10 Å². The molecule has 2 aromatic carbocycles. The minimum Gasteiger partial charge on any atom is -0.490 e. The summed E-state index contributed by atoms with van der Waals surface area (Å²) in [5.41, 5.74) is 7.67. The number of aromatic nitrogens is 2. The zero-order chi connectivity index (χ0) is 16.8. The second-order valence-electron chi connectivity index (χ2n) is 5.73. The van der Waals surface area contributed by atoms with Crippen molar-refractivity contribution >= 4 is 17.3 Å². The number of hydrogen-bond acceptors (Lipinski definition) is 3. The number of nitrogens with zero attached hydrogens (tertiary/aromatic N) is 2. The van der Waals surface area contributed by atoms with Crippen LogP contribution in [0.4, 0.5) is 5.69 Å². The van der Waals surface area contributed by atoms with Crippen molar-refractivity contribution < 1.29 is 4.74 Å². The third-order valence-electron chi connectivity index (χ3n) is 3.83. The molecular weight excluding hydrogens is 322 g/mol. The van der Waals surface area contributed by atoms with Gasteiger partial charge in [-0.05, 0) is 42.0 Å². The molecule has 0 amide bonds. The van der Waals surface area contributed by atoms with Crippen LogP contribution in [-0.4, -0.2) is 15.7 Å². The maximum absolute atomic E-state index is 6.18. The molecular formula is C19H20ClN3O. The number of aryl methyl sites for hydroxylation is 1. The maximum Gasteiger partial charge on any atom is 0.119 e. The summed E-state index contributed by atoms with van der Waals surface area (Å²) in [6, 6.07) is 15.4. The Morgan fingerprint density at radius 1 is 1.08 bits per heavy atom. The van der Waals surface area contributed by atoms with Crippen LogP contribution in [0, 0.1) is 0 Å². The Hall–Kier alpha value is -2.46. The number of anilines is 1. The number of nitrogens with two attached hydrogens (primary N) is 1. The molecule has 24 heavy (non-hydrogen) atoms. The van der Waals surface area contributed by atoms with Gasteiger partial charge in [-0.3, -0.25) is 0 Å². The molecule has 1 unspecified atom stereocenters. The normalized spacial score (nSPS) is 12.0. The molecule has 3 rings (SSSR count). The van der Waals surface area contributed by atoms with Crippen LogP contribution in [0.25, 0.3) is 0 Å². The first-order valence-electron chi connectivity index (χ1n) is 7.91. The number of halogens is 1. The van der Waals surface area contributed by atoms with Crippen LogP contribution >= 0.6 is 11.6 Å². The number of nitrogen functional groups attached to an aromatic ring is 1. The molecule has 0 saturated carbocycles. The summed E-state index contributed by atoms with van der Waals surface area (Å²) in [4.78, 5) is 4.08. The molecule has 124 valence electrons. The van der Waals surface area contributed by atoms with Crippen molar-refractivity contribution in [2.45, 2.75) is 25.5 Å². The van der Waals surface area contributed by atoms with E-state index in [1.54, 1.807) is 6.20 Å². The molecule has 1 atom stereocenters. The lowest BCUT2D eigenvalue weighted by Gasteiger charge is -2.20. The lowest BCUT2D eigenvalue weighted by Crippen LogP contribution is -2.21. The average Bonchev–Trinajstić information content (AvgIpc) is 3.10. The number of rotatable bonds is 7. The van der Waals surface area contributed by atoms with Gasteiger partial charge in [0, 0.05) is 42.5 Å². The molecule has 4 nitrogen and oxygen atoms in total. The van der Waals surface area contributed by atoms with Gasteiger partial charge in [-0.2, -0.15) is 0 Å². The Kier molecular flexibility index (Phi) is 5.39. The predicted molar refractivity (Wildman–Crippen MR) is 97.3 cm³/mol. The molecule has 0 aliphatic carbocycles. The van der Waals surface area contributed by atoms with E-state index < -0.39 is 0 Å². The van der Waals surface area contributed by atoms with Gasteiger partial charge >= 0.3 is 0 Å². The van der Waals surface area contributed by atoms with Gasteiger partial charge < -0.3 is 15.0 Å². The van der Waals surface area contributed by atoms with Crippen molar-refractivity contribution in [2.75, 3.05) is 5.73 Å². The van der Waals surface area contributed by atoms with Crippen LogP contribution in [0.5, 0.6) is 5.75 Å². The molecule has 5 heteroatoms. The summed E-state index contributed by atoms with van der Waals surface area (Å²) in [7, 11) is 0. The van der Waals surface area contributed by atoms with E-state index in [9.17, 15) is 0 Å². The lowest BCUT2D eigenvalue weighted by atomic mass is 10.1. The van der Waals surface area contributed by atoms with Crippen molar-refractivity contribution in [3.05, 3.63) is 77.8 Å². The molecule has 0 radical (unpaired) electrons. The zero-order valence-electron chi connectivity index (χ0n) is 13.3. The number of imidazole rings is 1. The van der Waals surface area contributed by atoms with Crippen molar-refractivity contribution in [3.63, 3.8) is 0 Å². The number of ether oxygens (including phenoxy) is 1.